The first-order valence-electron chi connectivity index (χ1n) is 6.73. The van der Waals surface area contributed by atoms with Crippen LogP contribution in [0.2, 0.25) is 0 Å². The van der Waals surface area contributed by atoms with Gasteiger partial charge < -0.3 is 11.1 Å². The maximum Gasteiger partial charge on any atom is 0.251 e. The zero-order valence-corrected chi connectivity index (χ0v) is 12.8. The van der Waals surface area contributed by atoms with Crippen molar-refractivity contribution in [2.24, 2.45) is 5.73 Å². The van der Waals surface area contributed by atoms with E-state index in [9.17, 15) is 4.79 Å². The van der Waals surface area contributed by atoms with Gasteiger partial charge >= 0.3 is 0 Å². The van der Waals surface area contributed by atoms with Crippen LogP contribution in [0, 0.1) is 18.8 Å². The fourth-order valence-corrected chi connectivity index (χ4v) is 2.75. The zero-order valence-electron chi connectivity index (χ0n) is 12.0. The minimum Gasteiger partial charge on any atom is -0.351 e. The molecular weight excluding hydrogens is 268 g/mol. The molecule has 0 heterocycles. The molecule has 106 valence electrons. The van der Waals surface area contributed by atoms with Crippen molar-refractivity contribution >= 4 is 17.7 Å². The van der Waals surface area contributed by atoms with Crippen LogP contribution in [0.1, 0.15) is 34.3 Å². The topological polar surface area (TPSA) is 55.1 Å². The summed E-state index contributed by atoms with van der Waals surface area (Å²) in [5.74, 6) is 5.76. The minimum atomic E-state index is -0.0146. The fraction of sp³-hybridized carbons (Fsp3) is 0.438. The highest BCUT2D eigenvalue weighted by molar-refractivity contribution is 8.00. The summed E-state index contributed by atoms with van der Waals surface area (Å²) in [6, 6.07) is 5.68. The average Bonchev–Trinajstić information content (AvgIpc) is 3.24. The third-order valence-corrected chi connectivity index (χ3v) is 5.05. The first kappa shape index (κ1) is 15.0. The highest BCUT2D eigenvalue weighted by atomic mass is 32.2. The summed E-state index contributed by atoms with van der Waals surface area (Å²) in [6.45, 7) is 3.01. The predicted octanol–water partition coefficient (Wildman–Crippen LogP) is 1.93. The molecule has 0 aliphatic heterocycles. The van der Waals surface area contributed by atoms with E-state index in [1.165, 1.54) is 12.8 Å². The highest BCUT2D eigenvalue weighted by Crippen LogP contribution is 2.46. The lowest BCUT2D eigenvalue weighted by molar-refractivity contribution is 0.0952. The Bertz CT molecular complexity index is 568. The van der Waals surface area contributed by atoms with Crippen LogP contribution >= 0.6 is 11.8 Å². The second kappa shape index (κ2) is 6.34. The maximum absolute atomic E-state index is 12.3. The van der Waals surface area contributed by atoms with E-state index in [4.69, 9.17) is 5.73 Å². The number of thioether (sulfide) groups is 1. The number of nitrogens with two attached hydrogens (primary N) is 1. The van der Waals surface area contributed by atoms with Gasteiger partial charge in [-0.15, -0.1) is 0 Å². The van der Waals surface area contributed by atoms with Gasteiger partial charge in [0.2, 0.25) is 0 Å². The number of nitrogens with one attached hydrogen (secondary N) is 1. The van der Waals surface area contributed by atoms with Crippen LogP contribution in [0.3, 0.4) is 0 Å². The molecule has 1 aromatic carbocycles. The van der Waals surface area contributed by atoms with E-state index in [0.717, 1.165) is 17.7 Å². The first-order valence-corrected chi connectivity index (χ1v) is 7.96. The molecule has 0 spiro atoms. The summed E-state index contributed by atoms with van der Waals surface area (Å²) in [6.07, 6.45) is 4.48. The van der Waals surface area contributed by atoms with Gasteiger partial charge in [-0.3, -0.25) is 4.79 Å². The van der Waals surface area contributed by atoms with Crippen LogP contribution in [0.25, 0.3) is 0 Å². The van der Waals surface area contributed by atoms with Crippen LogP contribution in [-0.2, 0) is 0 Å². The van der Waals surface area contributed by atoms with E-state index < -0.39 is 0 Å². The lowest BCUT2D eigenvalue weighted by atomic mass is 10.0. The van der Waals surface area contributed by atoms with Crippen molar-refractivity contribution in [3.05, 3.63) is 34.9 Å². The lowest BCUT2D eigenvalue weighted by Crippen LogP contribution is -2.32. The van der Waals surface area contributed by atoms with Crippen molar-refractivity contribution in [3.8, 4) is 11.8 Å². The van der Waals surface area contributed by atoms with Crippen molar-refractivity contribution < 1.29 is 4.79 Å². The SMILES string of the molecule is CSC1(CNC(=O)c2cc(C#CCN)ccc2C)CC1. The first-order chi connectivity index (χ1) is 9.60. The van der Waals surface area contributed by atoms with E-state index in [-0.39, 0.29) is 10.7 Å². The van der Waals surface area contributed by atoms with Crippen molar-refractivity contribution in [2.45, 2.75) is 24.5 Å². The minimum absolute atomic E-state index is 0.0146. The Kier molecular flexibility index (Phi) is 4.74. The number of carbonyl (C=O) groups is 1. The quantitative estimate of drug-likeness (QED) is 0.832. The van der Waals surface area contributed by atoms with Crippen LogP contribution in [0.4, 0.5) is 0 Å². The Labute approximate surface area is 124 Å². The monoisotopic (exact) mass is 288 g/mol. The fourth-order valence-electron chi connectivity index (χ4n) is 2.03. The molecular formula is C16H20N2OS. The molecule has 0 saturated heterocycles. The third-order valence-electron chi connectivity index (χ3n) is 3.63. The van der Waals surface area contributed by atoms with Crippen LogP contribution in [0.15, 0.2) is 18.2 Å². The summed E-state index contributed by atoms with van der Waals surface area (Å²) in [5, 5.41) is 3.04. The van der Waals surface area contributed by atoms with E-state index in [2.05, 4.69) is 23.4 Å². The predicted molar refractivity (Wildman–Crippen MR) is 84.9 cm³/mol. The summed E-state index contributed by atoms with van der Waals surface area (Å²) >= 11 is 1.84. The van der Waals surface area contributed by atoms with Gasteiger partial charge in [0.15, 0.2) is 0 Å². The number of hydrogen-bond donors (Lipinski definition) is 2. The molecule has 1 aromatic rings. The zero-order chi connectivity index (χ0) is 14.6. The molecule has 1 amide bonds. The van der Waals surface area contributed by atoms with E-state index in [1.807, 2.05) is 36.9 Å². The number of aryl methyl sites for hydroxylation is 1. The van der Waals surface area contributed by atoms with Crippen molar-refractivity contribution in [1.82, 2.24) is 5.32 Å². The number of benzene rings is 1. The van der Waals surface area contributed by atoms with Gasteiger partial charge in [-0.2, -0.15) is 11.8 Å². The number of amides is 1. The van der Waals surface area contributed by atoms with Gasteiger partial charge in [0, 0.05) is 22.4 Å². The largest absolute Gasteiger partial charge is 0.351 e. The number of carbonyl (C=O) groups excluding carboxylic acids is 1. The van der Waals surface area contributed by atoms with Crippen molar-refractivity contribution in [3.63, 3.8) is 0 Å². The van der Waals surface area contributed by atoms with Gasteiger partial charge in [0.1, 0.15) is 0 Å². The van der Waals surface area contributed by atoms with Crippen LogP contribution in [-0.4, -0.2) is 30.0 Å². The molecule has 0 unspecified atom stereocenters. The third kappa shape index (κ3) is 3.56. The Morgan fingerprint density at radius 3 is 2.85 bits per heavy atom. The molecule has 1 saturated carbocycles. The van der Waals surface area contributed by atoms with Crippen molar-refractivity contribution in [2.75, 3.05) is 19.3 Å². The Balaban J connectivity index is 2.08. The van der Waals surface area contributed by atoms with Gasteiger partial charge in [-0.1, -0.05) is 17.9 Å². The van der Waals surface area contributed by atoms with E-state index >= 15 is 0 Å². The second-order valence-electron chi connectivity index (χ2n) is 5.11. The molecule has 0 aromatic heterocycles. The molecule has 3 nitrogen and oxygen atoms in total. The smallest absolute Gasteiger partial charge is 0.251 e. The van der Waals surface area contributed by atoms with Gasteiger partial charge in [0.05, 0.1) is 6.54 Å². The molecule has 0 radical (unpaired) electrons. The van der Waals surface area contributed by atoms with E-state index in [0.29, 0.717) is 12.1 Å². The summed E-state index contributed by atoms with van der Waals surface area (Å²) in [4.78, 5) is 12.3. The Hall–Kier alpha value is -1.44. The summed E-state index contributed by atoms with van der Waals surface area (Å²) in [7, 11) is 0. The molecule has 1 fully saturated rings. The normalized spacial score (nSPS) is 15.2. The molecule has 1 aliphatic rings. The number of rotatable bonds is 4. The molecule has 4 heteroatoms. The van der Waals surface area contributed by atoms with Gasteiger partial charge in [-0.05, 0) is 43.7 Å². The van der Waals surface area contributed by atoms with Gasteiger partial charge in [-0.25, -0.2) is 0 Å². The lowest BCUT2D eigenvalue weighted by Gasteiger charge is -2.14. The van der Waals surface area contributed by atoms with Crippen molar-refractivity contribution in [1.29, 1.82) is 0 Å². The van der Waals surface area contributed by atoms with Crippen LogP contribution < -0.4 is 11.1 Å². The molecule has 1 aliphatic carbocycles. The maximum atomic E-state index is 12.3. The highest BCUT2D eigenvalue weighted by Gasteiger charge is 2.41. The molecule has 0 bridgehead atoms. The van der Waals surface area contributed by atoms with E-state index in [1.54, 1.807) is 0 Å². The molecule has 3 N–H and O–H groups in total. The molecule has 20 heavy (non-hydrogen) atoms. The number of hydrogen-bond acceptors (Lipinski definition) is 3. The Morgan fingerprint density at radius 1 is 1.50 bits per heavy atom. The average molecular weight is 288 g/mol. The summed E-state index contributed by atoms with van der Waals surface area (Å²) < 4.78 is 0.278. The van der Waals surface area contributed by atoms with Crippen LogP contribution in [0.5, 0.6) is 0 Å². The second-order valence-corrected chi connectivity index (χ2v) is 6.38. The van der Waals surface area contributed by atoms with Gasteiger partial charge in [0.25, 0.3) is 5.91 Å². The molecule has 0 atom stereocenters. The summed E-state index contributed by atoms with van der Waals surface area (Å²) in [5.41, 5.74) is 7.86. The molecule has 2 rings (SSSR count). The Morgan fingerprint density at radius 2 is 2.25 bits per heavy atom. The standard InChI is InChI=1S/C16H20N2OS/c1-12-5-6-13(4-3-9-17)10-14(12)15(19)18-11-16(20-2)7-8-16/h5-6,10H,7-9,11,17H2,1-2H3,(H,18,19).